The summed E-state index contributed by atoms with van der Waals surface area (Å²) in [5.41, 5.74) is 26.6. The maximum atomic E-state index is 7.82. The van der Waals surface area contributed by atoms with Crippen molar-refractivity contribution in [3.63, 3.8) is 0 Å². The Balaban J connectivity index is 1.00. The molecule has 2 aliphatic rings. The lowest BCUT2D eigenvalue weighted by molar-refractivity contribution is 0.668. The lowest BCUT2D eigenvalue weighted by Crippen LogP contribution is -2.61. The van der Waals surface area contributed by atoms with Crippen LogP contribution >= 0.6 is 11.6 Å². The molecule has 4 nitrogen and oxygen atoms in total. The number of hydrogen-bond acceptors (Lipinski definition) is 4. The Morgan fingerprint density at radius 2 is 0.595 bits per heavy atom. The summed E-state index contributed by atoms with van der Waals surface area (Å²) in [6, 6.07) is 105. The third kappa shape index (κ3) is 7.63. The second kappa shape index (κ2) is 19.3. The van der Waals surface area contributed by atoms with Gasteiger partial charge in [-0.3, -0.25) is 0 Å². The lowest BCUT2D eigenvalue weighted by Gasteiger charge is -2.46. The SMILES string of the molecule is Clc1cc2c3c(c1)N(c1c(-c4ccccc4)cccc1-c1ccccc1)c1ccc(-c4ccc5oc6ccccc6c5c4)cc1B3c1cc(-c3ccc4oc5ccccc5c4c3)ccc1N2c1c(-c2ccccc2)cccc1-c1ccccc1. The first kappa shape index (κ1) is 48.2. The van der Waals surface area contributed by atoms with Crippen molar-refractivity contribution < 1.29 is 8.83 Å². The smallest absolute Gasteiger partial charge is 0.252 e. The van der Waals surface area contributed by atoms with Crippen LogP contribution in [0.25, 0.3) is 111 Å². The summed E-state index contributed by atoms with van der Waals surface area (Å²) in [5.74, 6) is 0. The molecule has 15 aromatic rings. The molecule has 0 unspecified atom stereocenters. The summed E-state index contributed by atoms with van der Waals surface area (Å²) in [5, 5.41) is 5.01. The van der Waals surface area contributed by atoms with E-state index in [-0.39, 0.29) is 6.71 Å². The summed E-state index contributed by atoms with van der Waals surface area (Å²) in [6.45, 7) is -0.269. The maximum absolute atomic E-state index is 7.82. The maximum Gasteiger partial charge on any atom is 0.252 e. The molecule has 0 saturated carbocycles. The van der Waals surface area contributed by atoms with Crippen LogP contribution in [0, 0.1) is 0 Å². The molecule has 4 heterocycles. The van der Waals surface area contributed by atoms with E-state index in [1.807, 2.05) is 12.1 Å². The number of benzene rings is 13. The van der Waals surface area contributed by atoms with E-state index in [9.17, 15) is 0 Å². The van der Waals surface area contributed by atoms with Gasteiger partial charge in [0, 0.05) is 71.6 Å². The highest BCUT2D eigenvalue weighted by molar-refractivity contribution is 7.00. The zero-order valence-corrected chi connectivity index (χ0v) is 46.1. The molecule has 2 aromatic heterocycles. The van der Waals surface area contributed by atoms with Crippen LogP contribution < -0.4 is 26.2 Å². The highest BCUT2D eigenvalue weighted by atomic mass is 35.5. The van der Waals surface area contributed by atoms with E-state index in [4.69, 9.17) is 20.4 Å². The molecule has 0 radical (unpaired) electrons. The Bertz CT molecular complexity index is 4680. The second-order valence-electron chi connectivity index (χ2n) is 22.0. The van der Waals surface area contributed by atoms with Gasteiger partial charge in [0.1, 0.15) is 22.3 Å². The van der Waals surface area contributed by atoms with Gasteiger partial charge < -0.3 is 18.6 Å². The Labute approximate surface area is 491 Å². The molecule has 0 atom stereocenters. The average molecular weight is 1090 g/mol. The van der Waals surface area contributed by atoms with Crippen molar-refractivity contribution in [3.8, 4) is 66.8 Å². The fraction of sp³-hybridized carbons (Fsp3) is 0. The summed E-state index contributed by atoms with van der Waals surface area (Å²) >= 11 is 7.82. The standard InChI is InChI=1S/C78H48BClN2O2/c80-57-47-70-76-71(48-57)82(78-60(51-23-9-3-10-24-51)31-18-32-61(78)52-25-11-4-12-26-52)69-40-36-56(54-38-42-75-65(44-54)63-28-14-16-34-73(63)84-75)46-67(69)79(76)66-45-55(53-37-41-74-64(43-53)62-27-13-15-33-72(62)83-74)35-39-68(66)81(70)77-58(49-19-5-1-6-20-49)29-17-30-59(77)50-21-7-2-8-22-50/h1-48H. The summed E-state index contributed by atoms with van der Waals surface area (Å²) in [4.78, 5) is 5.06. The first-order chi connectivity index (χ1) is 41.6. The minimum absolute atomic E-state index is 0.269. The largest absolute Gasteiger partial charge is 0.456 e. The van der Waals surface area contributed by atoms with E-state index in [2.05, 4.69) is 289 Å². The molecule has 0 amide bonds. The molecule has 0 fully saturated rings. The predicted molar refractivity (Wildman–Crippen MR) is 353 cm³/mol. The molecule has 2 aliphatic heterocycles. The molecule has 0 spiro atoms. The van der Waals surface area contributed by atoms with Crippen LogP contribution in [-0.4, -0.2) is 6.71 Å². The first-order valence-corrected chi connectivity index (χ1v) is 29.0. The van der Waals surface area contributed by atoms with Crippen LogP contribution in [0.5, 0.6) is 0 Å². The minimum Gasteiger partial charge on any atom is -0.456 e. The third-order valence-electron chi connectivity index (χ3n) is 17.3. The fourth-order valence-corrected chi connectivity index (χ4v) is 13.8. The average Bonchev–Trinajstić information content (AvgIpc) is 1.22. The normalized spacial score (nSPS) is 12.5. The van der Waals surface area contributed by atoms with Crippen molar-refractivity contribution in [1.82, 2.24) is 0 Å². The number of anilines is 6. The van der Waals surface area contributed by atoms with Gasteiger partial charge in [-0.2, -0.15) is 0 Å². The first-order valence-electron chi connectivity index (χ1n) is 28.6. The van der Waals surface area contributed by atoms with E-state index in [1.54, 1.807) is 0 Å². The number of para-hydroxylation sites is 4. The van der Waals surface area contributed by atoms with Gasteiger partial charge in [-0.25, -0.2) is 0 Å². The zero-order valence-electron chi connectivity index (χ0n) is 45.4. The number of nitrogens with zero attached hydrogens (tertiary/aromatic N) is 2. The van der Waals surface area contributed by atoms with Crippen LogP contribution in [0.1, 0.15) is 0 Å². The molecule has 0 aliphatic carbocycles. The summed E-state index contributed by atoms with van der Waals surface area (Å²) in [6.07, 6.45) is 0. The summed E-state index contributed by atoms with van der Waals surface area (Å²) in [7, 11) is 0. The molecule has 392 valence electrons. The minimum atomic E-state index is -0.269. The number of fused-ring (bicyclic) bond motifs is 10. The molecule has 0 saturated heterocycles. The third-order valence-corrected chi connectivity index (χ3v) is 17.5. The van der Waals surface area contributed by atoms with Gasteiger partial charge >= 0.3 is 0 Å². The highest BCUT2D eigenvalue weighted by Gasteiger charge is 2.45. The van der Waals surface area contributed by atoms with Crippen molar-refractivity contribution in [2.45, 2.75) is 0 Å². The van der Waals surface area contributed by atoms with Crippen LogP contribution in [0.3, 0.4) is 0 Å². The molecule has 13 aromatic carbocycles. The predicted octanol–water partition coefficient (Wildman–Crippen LogP) is 20.2. The molecular weight excluding hydrogens is 1040 g/mol. The molecular formula is C78H48BClN2O2. The molecule has 17 rings (SSSR count). The van der Waals surface area contributed by atoms with Crippen molar-refractivity contribution in [2.24, 2.45) is 0 Å². The zero-order chi connectivity index (χ0) is 55.4. The Kier molecular flexibility index (Phi) is 11.1. The molecule has 6 heteroatoms. The van der Waals surface area contributed by atoms with Crippen molar-refractivity contribution in [3.05, 3.63) is 296 Å². The van der Waals surface area contributed by atoms with Crippen molar-refractivity contribution >= 4 is 113 Å². The Hall–Kier alpha value is -10.6. The van der Waals surface area contributed by atoms with Crippen molar-refractivity contribution in [2.75, 3.05) is 9.80 Å². The van der Waals surface area contributed by atoms with E-state index >= 15 is 0 Å². The second-order valence-corrected chi connectivity index (χ2v) is 22.4. The van der Waals surface area contributed by atoms with Gasteiger partial charge in [0.15, 0.2) is 0 Å². The number of rotatable bonds is 8. The number of furan rings is 2. The Morgan fingerprint density at radius 3 is 0.988 bits per heavy atom. The van der Waals surface area contributed by atoms with E-state index in [0.29, 0.717) is 5.02 Å². The van der Waals surface area contributed by atoms with Gasteiger partial charge in [0.2, 0.25) is 0 Å². The molecule has 84 heavy (non-hydrogen) atoms. The fourth-order valence-electron chi connectivity index (χ4n) is 13.6. The van der Waals surface area contributed by atoms with Gasteiger partial charge in [0.25, 0.3) is 6.71 Å². The van der Waals surface area contributed by atoms with Crippen LogP contribution in [0.4, 0.5) is 34.1 Å². The summed E-state index contributed by atoms with van der Waals surface area (Å²) < 4.78 is 12.8. The van der Waals surface area contributed by atoms with Crippen LogP contribution in [0.2, 0.25) is 5.02 Å². The monoisotopic (exact) mass is 1090 g/mol. The van der Waals surface area contributed by atoms with E-state index < -0.39 is 0 Å². The van der Waals surface area contributed by atoms with Crippen molar-refractivity contribution in [1.29, 1.82) is 0 Å². The van der Waals surface area contributed by atoms with Gasteiger partial charge in [0.05, 0.1) is 11.4 Å². The molecule has 0 N–H and O–H groups in total. The molecule has 0 bridgehead atoms. The lowest BCUT2D eigenvalue weighted by atomic mass is 9.33. The van der Waals surface area contributed by atoms with E-state index in [0.717, 1.165) is 150 Å². The quantitative estimate of drug-likeness (QED) is 0.142. The highest BCUT2D eigenvalue weighted by Crippen LogP contribution is 2.54. The van der Waals surface area contributed by atoms with Gasteiger partial charge in [-0.05, 0) is 122 Å². The number of hydrogen-bond donors (Lipinski definition) is 0. The van der Waals surface area contributed by atoms with Gasteiger partial charge in [-0.15, -0.1) is 0 Å². The topological polar surface area (TPSA) is 32.8 Å². The van der Waals surface area contributed by atoms with Crippen LogP contribution in [-0.2, 0) is 0 Å². The van der Waals surface area contributed by atoms with Gasteiger partial charge in [-0.1, -0.05) is 242 Å². The Morgan fingerprint density at radius 1 is 0.262 bits per heavy atom. The van der Waals surface area contributed by atoms with Crippen LogP contribution in [0.15, 0.2) is 300 Å². The number of halogens is 1. The van der Waals surface area contributed by atoms with E-state index in [1.165, 1.54) is 10.9 Å².